The highest BCUT2D eigenvalue weighted by molar-refractivity contribution is 5.93. The van der Waals surface area contributed by atoms with Crippen molar-refractivity contribution >= 4 is 5.78 Å². The summed E-state index contributed by atoms with van der Waals surface area (Å²) in [6.07, 6.45) is 2.86. The number of nitrogens with two attached hydrogens (primary N) is 2. The van der Waals surface area contributed by atoms with Gasteiger partial charge >= 0.3 is 0 Å². The van der Waals surface area contributed by atoms with Crippen LogP contribution in [0.15, 0.2) is 95.8 Å². The zero-order valence-corrected chi connectivity index (χ0v) is 20.2. The molecule has 1 aliphatic carbocycles. The van der Waals surface area contributed by atoms with Gasteiger partial charge < -0.3 is 27.0 Å². The molecule has 2 atom stereocenters. The first-order chi connectivity index (χ1) is 16.1. The van der Waals surface area contributed by atoms with Crippen molar-refractivity contribution in [2.45, 2.75) is 40.0 Å². The van der Waals surface area contributed by atoms with Crippen molar-refractivity contribution in [1.29, 1.82) is 0 Å². The lowest BCUT2D eigenvalue weighted by Gasteiger charge is -2.32. The normalized spacial score (nSPS) is 19.5. The van der Waals surface area contributed by atoms with Gasteiger partial charge in [-0.2, -0.15) is 0 Å². The molecule has 0 radical (unpaired) electrons. The van der Waals surface area contributed by atoms with Crippen molar-refractivity contribution in [3.8, 4) is 11.8 Å². The van der Waals surface area contributed by atoms with Crippen LogP contribution in [-0.2, 0) is 17.9 Å². The molecule has 0 aromatic heterocycles. The molecule has 3 rings (SSSR count). The van der Waals surface area contributed by atoms with Crippen LogP contribution >= 0.6 is 0 Å². The molecule has 6 N–H and O–H groups in total. The molecule has 176 valence electrons. The second-order valence-electron chi connectivity index (χ2n) is 8.58. The highest BCUT2D eigenvalue weighted by Crippen LogP contribution is 2.33. The van der Waals surface area contributed by atoms with Crippen molar-refractivity contribution in [1.82, 2.24) is 15.5 Å². The van der Waals surface area contributed by atoms with E-state index in [-0.39, 0.29) is 11.7 Å². The van der Waals surface area contributed by atoms with Crippen molar-refractivity contribution < 1.29 is 4.79 Å². The Labute approximate surface area is 202 Å². The molecule has 2 aliphatic rings. The summed E-state index contributed by atoms with van der Waals surface area (Å²) in [7, 11) is 0. The topological polar surface area (TPSA) is 96.4 Å². The van der Waals surface area contributed by atoms with Crippen LogP contribution in [-0.4, -0.2) is 16.8 Å². The lowest BCUT2D eigenvalue weighted by atomic mass is 9.83. The van der Waals surface area contributed by atoms with Crippen LogP contribution in [0, 0.1) is 17.8 Å². The number of carbonyl (C=O) groups excluding carboxylic acids is 1. The van der Waals surface area contributed by atoms with Crippen LogP contribution in [0.2, 0.25) is 0 Å². The van der Waals surface area contributed by atoms with E-state index in [2.05, 4.69) is 61.3 Å². The van der Waals surface area contributed by atoms with Crippen LogP contribution in [0.25, 0.3) is 0 Å². The summed E-state index contributed by atoms with van der Waals surface area (Å²) >= 11 is 0. The summed E-state index contributed by atoms with van der Waals surface area (Å²) in [5.74, 6) is 5.90. The Balaban J connectivity index is 1.62. The molecule has 0 amide bonds. The maximum Gasteiger partial charge on any atom is 0.176 e. The van der Waals surface area contributed by atoms with E-state index in [0.717, 1.165) is 33.8 Å². The third kappa shape index (κ3) is 5.33. The van der Waals surface area contributed by atoms with Crippen molar-refractivity contribution in [3.63, 3.8) is 0 Å². The van der Waals surface area contributed by atoms with Crippen LogP contribution < -0.4 is 22.1 Å². The third-order valence-electron chi connectivity index (χ3n) is 6.06. The lowest BCUT2D eigenvalue weighted by molar-refractivity contribution is -0.115. The first-order valence-corrected chi connectivity index (χ1v) is 11.2. The van der Waals surface area contributed by atoms with Crippen LogP contribution in [0.5, 0.6) is 0 Å². The maximum absolute atomic E-state index is 12.3. The zero-order valence-electron chi connectivity index (χ0n) is 20.2. The summed E-state index contributed by atoms with van der Waals surface area (Å²) < 4.78 is 0. The fraction of sp³-hybridized carbons (Fsp3) is 0.250. The molecule has 0 bridgehead atoms. The van der Waals surface area contributed by atoms with Gasteiger partial charge in [0.15, 0.2) is 5.78 Å². The lowest BCUT2D eigenvalue weighted by Crippen LogP contribution is -2.42. The second-order valence-corrected chi connectivity index (χ2v) is 8.58. The number of allylic oxidation sites excluding steroid dienone is 6. The van der Waals surface area contributed by atoms with Gasteiger partial charge in [0.05, 0.1) is 11.4 Å². The predicted molar refractivity (Wildman–Crippen MR) is 138 cm³/mol. The van der Waals surface area contributed by atoms with Gasteiger partial charge in [-0.1, -0.05) is 62.8 Å². The van der Waals surface area contributed by atoms with E-state index in [0.29, 0.717) is 30.1 Å². The van der Waals surface area contributed by atoms with E-state index in [1.54, 1.807) is 17.1 Å². The Bertz CT molecular complexity index is 1200. The Kier molecular flexibility index (Phi) is 7.50. The first kappa shape index (κ1) is 24.7. The largest absolute Gasteiger partial charge is 0.397 e. The standard InChI is InChI=1S/C28H33N5O/c1-17(13-25(22(6)34)33-18(2)9-7-12-26(33)29)21(5)31-15-23-10-8-11-24(14-23)16-32-28-20(4)19(3)27(28)30/h8-11,13-14,20,26,31-32H,1,3,5,15-16,29-30H2,2,4,6H3/b25-13-. The smallest absolute Gasteiger partial charge is 0.176 e. The molecule has 6 heteroatoms. The van der Waals surface area contributed by atoms with Crippen molar-refractivity contribution in [3.05, 3.63) is 107 Å². The average molecular weight is 456 g/mol. The molecule has 1 heterocycles. The maximum atomic E-state index is 12.3. The fourth-order valence-electron chi connectivity index (χ4n) is 3.87. The average Bonchev–Trinajstić information content (AvgIpc) is 2.81. The molecular formula is C28H33N5O. The number of ketones is 1. The predicted octanol–water partition coefficient (Wildman–Crippen LogP) is 3.29. The number of benzene rings is 1. The number of hydrogen-bond donors (Lipinski definition) is 4. The number of nitrogens with zero attached hydrogens (tertiary/aromatic N) is 1. The monoisotopic (exact) mass is 455 g/mol. The van der Waals surface area contributed by atoms with Gasteiger partial charge in [-0.15, -0.1) is 0 Å². The summed E-state index contributed by atoms with van der Waals surface area (Å²) in [6, 6.07) is 8.27. The van der Waals surface area contributed by atoms with Gasteiger partial charge in [0.25, 0.3) is 0 Å². The van der Waals surface area contributed by atoms with E-state index in [4.69, 9.17) is 11.5 Å². The van der Waals surface area contributed by atoms with Crippen LogP contribution in [0.3, 0.4) is 0 Å². The highest BCUT2D eigenvalue weighted by Gasteiger charge is 2.27. The van der Waals surface area contributed by atoms with Crippen molar-refractivity contribution in [2.24, 2.45) is 17.4 Å². The third-order valence-corrected chi connectivity index (χ3v) is 6.06. The molecule has 1 aliphatic heterocycles. The Morgan fingerprint density at radius 1 is 1.26 bits per heavy atom. The second kappa shape index (κ2) is 10.3. The molecule has 2 unspecified atom stereocenters. The van der Waals surface area contributed by atoms with Crippen molar-refractivity contribution in [2.75, 3.05) is 0 Å². The van der Waals surface area contributed by atoms with Gasteiger partial charge in [0.1, 0.15) is 6.17 Å². The summed E-state index contributed by atoms with van der Waals surface area (Å²) in [5, 5.41) is 6.72. The SMILES string of the molecule is C=C(/C=C(/C(C)=O)N1C(C)=CC#CC1N)C(=C)NCc1cccc(CNC2=C(N)C(=C)C2C)c1. The summed E-state index contributed by atoms with van der Waals surface area (Å²) in [6.45, 7) is 18.9. The molecule has 0 fully saturated rings. The summed E-state index contributed by atoms with van der Waals surface area (Å²) in [4.78, 5) is 14.1. The van der Waals surface area contributed by atoms with Gasteiger partial charge in [0.2, 0.25) is 0 Å². The minimum atomic E-state index is -0.586. The Hall–Kier alpha value is -3.95. The van der Waals surface area contributed by atoms with Gasteiger partial charge in [0, 0.05) is 49.1 Å². The number of rotatable bonds is 10. The fourth-order valence-corrected chi connectivity index (χ4v) is 3.87. The quantitative estimate of drug-likeness (QED) is 0.246. The van der Waals surface area contributed by atoms with Gasteiger partial charge in [-0.05, 0) is 35.3 Å². The number of carbonyl (C=O) groups is 1. The van der Waals surface area contributed by atoms with E-state index < -0.39 is 6.17 Å². The van der Waals surface area contributed by atoms with E-state index in [1.807, 2.05) is 19.1 Å². The Morgan fingerprint density at radius 2 is 1.94 bits per heavy atom. The zero-order chi connectivity index (χ0) is 25.0. The Morgan fingerprint density at radius 3 is 2.56 bits per heavy atom. The molecule has 0 saturated heterocycles. The number of nitrogens with one attached hydrogen (secondary N) is 2. The van der Waals surface area contributed by atoms with E-state index in [1.165, 1.54) is 6.92 Å². The first-order valence-electron chi connectivity index (χ1n) is 11.2. The minimum absolute atomic E-state index is 0.124. The van der Waals surface area contributed by atoms with E-state index >= 15 is 0 Å². The van der Waals surface area contributed by atoms with Crippen LogP contribution in [0.1, 0.15) is 31.9 Å². The van der Waals surface area contributed by atoms with Gasteiger partial charge in [-0.3, -0.25) is 4.79 Å². The molecule has 0 spiro atoms. The molecule has 1 aromatic carbocycles. The minimum Gasteiger partial charge on any atom is -0.397 e. The van der Waals surface area contributed by atoms with Gasteiger partial charge in [-0.25, -0.2) is 0 Å². The molecular weight excluding hydrogens is 422 g/mol. The number of hydrogen-bond acceptors (Lipinski definition) is 6. The highest BCUT2D eigenvalue weighted by atomic mass is 16.1. The number of Topliss-reactive ketones (excluding diaryl/α,β-unsaturated/α-hetero) is 1. The van der Waals surface area contributed by atoms with Crippen LogP contribution in [0.4, 0.5) is 0 Å². The molecule has 6 nitrogen and oxygen atoms in total. The molecule has 1 aromatic rings. The van der Waals surface area contributed by atoms with E-state index in [9.17, 15) is 4.79 Å². The molecule has 0 saturated carbocycles. The molecule has 34 heavy (non-hydrogen) atoms. The summed E-state index contributed by atoms with van der Waals surface area (Å²) in [5.41, 5.74) is 19.7.